The first-order valence-corrected chi connectivity index (χ1v) is 12.5. The zero-order chi connectivity index (χ0) is 22.1. The zero-order valence-electron chi connectivity index (χ0n) is 19.0. The Hall–Kier alpha value is -1.56. The van der Waals surface area contributed by atoms with Crippen LogP contribution in [0.4, 0.5) is 0 Å². The molecule has 0 aromatic rings. The number of rotatable bonds is 11. The van der Waals surface area contributed by atoms with Crippen LogP contribution in [0.15, 0.2) is 39.9 Å². The van der Waals surface area contributed by atoms with Gasteiger partial charge in [-0.25, -0.2) is 8.42 Å². The number of sulfone groups is 1. The summed E-state index contributed by atoms with van der Waals surface area (Å²) in [5.74, 6) is 0.675. The standard InChI is InChI=1S/C23H41N3O2S/c1-18(12-14-23(5)20(3)10-7-11-21(23)4)8-6-9-19(2)13-16-29(27,28)17-15-26-22(24)25/h8,10,13,21H,6-7,9,11-12,14-17H2,1-5H3,(H4,24,25,26)/b18-8+,19-13+/t21-,23-/m1/s1. The average Bonchev–Trinajstić information content (AvgIpc) is 2.62. The summed E-state index contributed by atoms with van der Waals surface area (Å²) in [6, 6.07) is 0. The van der Waals surface area contributed by atoms with Gasteiger partial charge in [-0.15, -0.1) is 0 Å². The van der Waals surface area contributed by atoms with Gasteiger partial charge < -0.3 is 11.5 Å². The molecule has 0 amide bonds. The summed E-state index contributed by atoms with van der Waals surface area (Å²) < 4.78 is 24.0. The van der Waals surface area contributed by atoms with Crippen molar-refractivity contribution in [1.82, 2.24) is 0 Å². The third-order valence-electron chi connectivity index (χ3n) is 6.49. The van der Waals surface area contributed by atoms with Crippen molar-refractivity contribution in [2.75, 3.05) is 18.1 Å². The van der Waals surface area contributed by atoms with Gasteiger partial charge in [-0.3, -0.25) is 4.99 Å². The molecule has 0 aromatic carbocycles. The van der Waals surface area contributed by atoms with Crippen molar-refractivity contribution in [3.05, 3.63) is 34.9 Å². The molecule has 0 radical (unpaired) electrons. The minimum Gasteiger partial charge on any atom is -0.370 e. The Labute approximate surface area is 178 Å². The van der Waals surface area contributed by atoms with Gasteiger partial charge in [-0.2, -0.15) is 0 Å². The predicted molar refractivity (Wildman–Crippen MR) is 126 cm³/mol. The number of hydrogen-bond acceptors (Lipinski definition) is 3. The molecule has 0 saturated carbocycles. The second-order valence-electron chi connectivity index (χ2n) is 8.84. The predicted octanol–water partition coefficient (Wildman–Crippen LogP) is 4.51. The van der Waals surface area contributed by atoms with E-state index in [9.17, 15) is 8.42 Å². The van der Waals surface area contributed by atoms with Crippen LogP contribution >= 0.6 is 0 Å². The highest BCUT2D eigenvalue weighted by Crippen LogP contribution is 2.45. The van der Waals surface area contributed by atoms with Crippen LogP contribution in [0, 0.1) is 11.3 Å². The summed E-state index contributed by atoms with van der Waals surface area (Å²) in [4.78, 5) is 3.73. The van der Waals surface area contributed by atoms with Gasteiger partial charge in [0.05, 0.1) is 18.1 Å². The molecule has 0 spiro atoms. The number of hydrogen-bond donors (Lipinski definition) is 2. The second kappa shape index (κ2) is 11.6. The van der Waals surface area contributed by atoms with Gasteiger partial charge in [0, 0.05) is 0 Å². The quantitative estimate of drug-likeness (QED) is 0.290. The van der Waals surface area contributed by atoms with E-state index in [-0.39, 0.29) is 24.0 Å². The molecule has 0 aliphatic heterocycles. The zero-order valence-corrected chi connectivity index (χ0v) is 19.8. The van der Waals surface area contributed by atoms with Crippen LogP contribution in [0.25, 0.3) is 0 Å². The second-order valence-corrected chi connectivity index (χ2v) is 11.1. The Morgan fingerprint density at radius 1 is 1.24 bits per heavy atom. The molecule has 0 saturated heterocycles. The first-order chi connectivity index (χ1) is 13.5. The Morgan fingerprint density at radius 2 is 1.90 bits per heavy atom. The first-order valence-electron chi connectivity index (χ1n) is 10.7. The lowest BCUT2D eigenvalue weighted by Crippen LogP contribution is -2.29. The molecule has 4 N–H and O–H groups in total. The van der Waals surface area contributed by atoms with E-state index in [1.165, 1.54) is 24.8 Å². The fraction of sp³-hybridized carbons (Fsp3) is 0.696. The van der Waals surface area contributed by atoms with Crippen LogP contribution in [0.1, 0.15) is 73.1 Å². The number of allylic oxidation sites excluding steroid dienone is 5. The molecule has 0 aromatic heterocycles. The molecule has 2 atom stereocenters. The maximum atomic E-state index is 12.0. The maximum absolute atomic E-state index is 12.0. The van der Waals surface area contributed by atoms with Crippen molar-refractivity contribution in [2.45, 2.75) is 73.1 Å². The summed E-state index contributed by atoms with van der Waals surface area (Å²) in [5.41, 5.74) is 14.8. The highest BCUT2D eigenvalue weighted by molar-refractivity contribution is 7.91. The largest absolute Gasteiger partial charge is 0.370 e. The molecule has 166 valence electrons. The number of nitrogens with two attached hydrogens (primary N) is 2. The van der Waals surface area contributed by atoms with Crippen molar-refractivity contribution < 1.29 is 8.42 Å². The fourth-order valence-corrected chi connectivity index (χ4v) is 4.88. The van der Waals surface area contributed by atoms with Crippen LogP contribution < -0.4 is 11.5 Å². The van der Waals surface area contributed by atoms with Crippen molar-refractivity contribution in [3.63, 3.8) is 0 Å². The maximum Gasteiger partial charge on any atom is 0.185 e. The third kappa shape index (κ3) is 9.20. The van der Waals surface area contributed by atoms with E-state index >= 15 is 0 Å². The molecule has 29 heavy (non-hydrogen) atoms. The van der Waals surface area contributed by atoms with E-state index in [2.05, 4.69) is 44.8 Å². The molecule has 0 bridgehead atoms. The molecule has 0 heterocycles. The minimum absolute atomic E-state index is 0.0290. The van der Waals surface area contributed by atoms with Crippen LogP contribution in [-0.4, -0.2) is 32.4 Å². The lowest BCUT2D eigenvalue weighted by molar-refractivity contribution is 0.211. The molecule has 0 unspecified atom stereocenters. The Bertz CT molecular complexity index is 759. The van der Waals surface area contributed by atoms with Crippen molar-refractivity contribution >= 4 is 15.8 Å². The third-order valence-corrected chi connectivity index (χ3v) is 7.97. The van der Waals surface area contributed by atoms with E-state index < -0.39 is 9.84 Å². The summed E-state index contributed by atoms with van der Waals surface area (Å²) >= 11 is 0. The fourth-order valence-electron chi connectivity index (χ4n) is 3.81. The Morgan fingerprint density at radius 3 is 2.52 bits per heavy atom. The van der Waals surface area contributed by atoms with Gasteiger partial charge in [0.2, 0.25) is 0 Å². The topological polar surface area (TPSA) is 98.5 Å². The van der Waals surface area contributed by atoms with E-state index in [1.54, 1.807) is 5.57 Å². The summed E-state index contributed by atoms with van der Waals surface area (Å²) in [6.45, 7) is 11.4. The van der Waals surface area contributed by atoms with E-state index in [4.69, 9.17) is 11.5 Å². The van der Waals surface area contributed by atoms with E-state index in [0.29, 0.717) is 5.41 Å². The molecule has 0 fully saturated rings. The SMILES string of the molecule is CC1=CCC[C@@H](C)[C@]1(C)CC/C(C)=C/CC/C(C)=C/CS(=O)(=O)CCN=C(N)N. The van der Waals surface area contributed by atoms with Crippen molar-refractivity contribution in [1.29, 1.82) is 0 Å². The van der Waals surface area contributed by atoms with E-state index in [1.807, 2.05) is 13.0 Å². The van der Waals surface area contributed by atoms with E-state index in [0.717, 1.165) is 30.8 Å². The molecule has 5 nitrogen and oxygen atoms in total. The summed E-state index contributed by atoms with van der Waals surface area (Å²) in [7, 11) is -3.17. The minimum atomic E-state index is -3.17. The van der Waals surface area contributed by atoms with Crippen molar-refractivity contribution in [2.24, 2.45) is 27.8 Å². The van der Waals surface area contributed by atoms with Gasteiger partial charge in [-0.1, -0.05) is 48.8 Å². The first kappa shape index (κ1) is 25.5. The normalized spacial score (nSPS) is 23.6. The van der Waals surface area contributed by atoms with Gasteiger partial charge in [0.25, 0.3) is 0 Å². The van der Waals surface area contributed by atoms with Crippen LogP contribution in [0.3, 0.4) is 0 Å². The van der Waals surface area contributed by atoms with Crippen molar-refractivity contribution in [3.8, 4) is 0 Å². The summed E-state index contributed by atoms with van der Waals surface area (Å²) in [5, 5.41) is 0. The molecule has 6 heteroatoms. The molecule has 1 aliphatic carbocycles. The number of guanidine groups is 1. The van der Waals surface area contributed by atoms with Crippen LogP contribution in [0.5, 0.6) is 0 Å². The Kier molecular flexibility index (Phi) is 10.2. The molecular formula is C23H41N3O2S. The van der Waals surface area contributed by atoms with Gasteiger partial charge >= 0.3 is 0 Å². The Balaban J connectivity index is 2.45. The lowest BCUT2D eigenvalue weighted by atomic mass is 9.65. The number of nitrogens with zero attached hydrogens (tertiary/aromatic N) is 1. The molecular weight excluding hydrogens is 382 g/mol. The average molecular weight is 424 g/mol. The highest BCUT2D eigenvalue weighted by atomic mass is 32.2. The number of aliphatic imine (C=N–C) groups is 1. The molecule has 1 rings (SSSR count). The molecule has 1 aliphatic rings. The summed E-state index contributed by atoms with van der Waals surface area (Å²) in [6.07, 6.45) is 13.2. The lowest BCUT2D eigenvalue weighted by Gasteiger charge is -2.40. The van der Waals surface area contributed by atoms with Gasteiger partial charge in [0.15, 0.2) is 15.8 Å². The van der Waals surface area contributed by atoms with Gasteiger partial charge in [0.1, 0.15) is 0 Å². The highest BCUT2D eigenvalue weighted by Gasteiger charge is 2.34. The van der Waals surface area contributed by atoms with Gasteiger partial charge in [-0.05, 0) is 70.6 Å². The monoisotopic (exact) mass is 423 g/mol. The van der Waals surface area contributed by atoms with Crippen LogP contribution in [-0.2, 0) is 9.84 Å². The smallest absolute Gasteiger partial charge is 0.185 e. The van der Waals surface area contributed by atoms with Crippen LogP contribution in [0.2, 0.25) is 0 Å².